The van der Waals surface area contributed by atoms with Crippen LogP contribution in [0.5, 0.6) is 5.88 Å². The lowest BCUT2D eigenvalue weighted by molar-refractivity contribution is -0.678. The molecule has 1 fully saturated rings. The molecule has 0 spiro atoms. The molecule has 2 aliphatic heterocycles. The first kappa shape index (κ1) is 28.5. The molecule has 17 heteroatoms. The molecule has 2 aromatic rings. The van der Waals surface area contributed by atoms with Crippen molar-refractivity contribution in [2.24, 2.45) is 5.73 Å². The maximum Gasteiger partial charge on any atom is 0.405 e. The number of amides is 4. The van der Waals surface area contributed by atoms with Gasteiger partial charge in [-0.15, -0.1) is 23.1 Å². The van der Waals surface area contributed by atoms with Crippen molar-refractivity contribution in [3.8, 4) is 5.88 Å². The van der Waals surface area contributed by atoms with Crippen LogP contribution in [0.3, 0.4) is 0 Å². The number of ether oxygens (including phenoxy) is 2. The van der Waals surface area contributed by atoms with Crippen molar-refractivity contribution in [3.63, 3.8) is 0 Å². The Morgan fingerprint density at radius 2 is 2.18 bits per heavy atom. The van der Waals surface area contributed by atoms with Gasteiger partial charge in [0.2, 0.25) is 0 Å². The molecule has 0 aliphatic carbocycles. The van der Waals surface area contributed by atoms with E-state index in [1.165, 1.54) is 36.3 Å². The fraction of sp³-hybridized carbons (Fsp3) is 0.364. The molecule has 0 saturated carbocycles. The second kappa shape index (κ2) is 11.7. The number of primary amides is 1. The van der Waals surface area contributed by atoms with E-state index < -0.39 is 41.0 Å². The lowest BCUT2D eigenvalue weighted by Gasteiger charge is -2.56. The average Bonchev–Trinajstić information content (AvgIpc) is 3.44. The number of β-lactam (4-membered cyclic amide) rings is 1. The number of aromatic nitrogens is 2. The molecule has 0 radical (unpaired) electrons. The Balaban J connectivity index is 1.54. The Hall–Kier alpha value is -3.54. The second-order valence-electron chi connectivity index (χ2n) is 8.09. The zero-order valence-corrected chi connectivity index (χ0v) is 23.1. The zero-order chi connectivity index (χ0) is 28.3. The van der Waals surface area contributed by atoms with Crippen LogP contribution in [0.1, 0.15) is 17.8 Å². The molecule has 4 amide bonds. The van der Waals surface area contributed by atoms with Crippen LogP contribution in [0.25, 0.3) is 0 Å². The smallest absolute Gasteiger partial charge is 0.405 e. The predicted octanol–water partition coefficient (Wildman–Crippen LogP) is 0.390. The zero-order valence-electron chi connectivity index (χ0n) is 20.6. The number of methoxy groups -OCH3 is 1. The first-order valence-electron chi connectivity index (χ1n) is 11.4. The summed E-state index contributed by atoms with van der Waals surface area (Å²) in [5.74, 6) is -2.48. The predicted molar refractivity (Wildman–Crippen MR) is 141 cm³/mol. The van der Waals surface area contributed by atoms with E-state index in [1.54, 1.807) is 30.5 Å². The van der Waals surface area contributed by atoms with Gasteiger partial charge in [0.25, 0.3) is 17.5 Å². The topological polar surface area (TPSA) is 200 Å². The van der Waals surface area contributed by atoms with Gasteiger partial charge in [-0.3, -0.25) is 14.5 Å². The summed E-state index contributed by atoms with van der Waals surface area (Å²) in [6, 6.07) is 4.23. The van der Waals surface area contributed by atoms with E-state index in [0.717, 1.165) is 16.7 Å². The van der Waals surface area contributed by atoms with Gasteiger partial charge in [-0.2, -0.15) is 0 Å². The third kappa shape index (κ3) is 5.47. The fourth-order valence-electron chi connectivity index (χ4n) is 4.04. The van der Waals surface area contributed by atoms with Crippen molar-refractivity contribution in [3.05, 3.63) is 51.0 Å². The molecule has 208 valence electrons. The van der Waals surface area contributed by atoms with Gasteiger partial charge in [0.05, 0.1) is 12.7 Å². The van der Waals surface area contributed by atoms with E-state index in [9.17, 15) is 29.5 Å². The van der Waals surface area contributed by atoms with Crippen LogP contribution < -0.4 is 25.9 Å². The molecule has 5 N–H and O–H groups in total. The molecule has 4 heterocycles. The van der Waals surface area contributed by atoms with Crippen LogP contribution in [-0.4, -0.2) is 75.2 Å². The number of rotatable bonds is 11. The lowest BCUT2D eigenvalue weighted by atomic mass is 9.97. The van der Waals surface area contributed by atoms with Gasteiger partial charge in [-0.25, -0.2) is 9.59 Å². The molecule has 0 bridgehead atoms. The van der Waals surface area contributed by atoms with Crippen LogP contribution in [-0.2, 0) is 19.1 Å². The van der Waals surface area contributed by atoms with E-state index >= 15 is 0 Å². The number of fused-ring (bicyclic) bond motifs is 1. The Morgan fingerprint density at radius 1 is 1.41 bits per heavy atom. The summed E-state index contributed by atoms with van der Waals surface area (Å²) < 4.78 is 10.6. The number of carboxylic acid groups (broad SMARTS) is 1. The Labute approximate surface area is 234 Å². The van der Waals surface area contributed by atoms with Crippen molar-refractivity contribution >= 4 is 58.7 Å². The number of thiophene rings is 1. The Kier molecular flexibility index (Phi) is 8.53. The van der Waals surface area contributed by atoms with Gasteiger partial charge in [0.15, 0.2) is 5.03 Å². The second-order valence-corrected chi connectivity index (χ2v) is 11.1. The third-order valence-electron chi connectivity index (χ3n) is 5.75. The number of carboxylic acids is 1. The largest absolute Gasteiger partial charge is 0.591 e. The number of nitrogens with two attached hydrogens (primary N) is 1. The number of thioether (sulfide) groups is 2. The van der Waals surface area contributed by atoms with Gasteiger partial charge in [-0.1, -0.05) is 17.8 Å². The van der Waals surface area contributed by atoms with E-state index in [4.69, 9.17) is 15.2 Å². The molecular formula is C22H24N6O8S3. The summed E-state index contributed by atoms with van der Waals surface area (Å²) in [5, 5.41) is 31.9. The minimum atomic E-state index is -1.86. The average molecular weight is 597 g/mol. The van der Waals surface area contributed by atoms with Gasteiger partial charge < -0.3 is 36.2 Å². The maximum atomic E-state index is 13.4. The number of nitrogens with one attached hydrogen (secondary N) is 2. The van der Waals surface area contributed by atoms with Crippen molar-refractivity contribution in [2.45, 2.75) is 29.1 Å². The van der Waals surface area contributed by atoms with Gasteiger partial charge in [-0.05, 0) is 34.9 Å². The number of hydrogen-bond acceptors (Lipinski definition) is 11. The SMILES string of the molecule is CCOc1ccc(SCC2=C(C(=O)O)N3C(=O)[C@](NC(=O)C(NC(N)=O)c4cccs4)(OC)C3SC2)n[n+]1[O-]. The van der Waals surface area contributed by atoms with E-state index in [0.29, 0.717) is 26.9 Å². The number of hydrogen-bond donors (Lipinski definition) is 4. The molecule has 39 heavy (non-hydrogen) atoms. The number of aliphatic carboxylic acids is 1. The molecular weight excluding hydrogens is 572 g/mol. The number of carbonyl (C=O) groups excluding carboxylic acids is 3. The summed E-state index contributed by atoms with van der Waals surface area (Å²) in [5.41, 5.74) is 3.58. The Bertz CT molecular complexity index is 1320. The highest BCUT2D eigenvalue weighted by atomic mass is 32.2. The van der Waals surface area contributed by atoms with Crippen molar-refractivity contribution < 1.29 is 38.6 Å². The summed E-state index contributed by atoms with van der Waals surface area (Å²) in [6.07, 6.45) is 0. The fourth-order valence-corrected chi connectivity index (χ4v) is 7.24. The highest BCUT2D eigenvalue weighted by Gasteiger charge is 2.67. The third-order valence-corrected chi connectivity index (χ3v) is 9.07. The highest BCUT2D eigenvalue weighted by molar-refractivity contribution is 8.01. The van der Waals surface area contributed by atoms with Crippen molar-refractivity contribution in [1.82, 2.24) is 20.6 Å². The summed E-state index contributed by atoms with van der Waals surface area (Å²) in [6.45, 7) is 2.03. The molecule has 14 nitrogen and oxygen atoms in total. The molecule has 1 saturated heterocycles. The normalized spacial score (nSPS) is 21.0. The minimum absolute atomic E-state index is 0.0415. The van der Waals surface area contributed by atoms with Crippen molar-refractivity contribution in [1.29, 1.82) is 0 Å². The van der Waals surface area contributed by atoms with Crippen LogP contribution in [0, 0.1) is 5.21 Å². The summed E-state index contributed by atoms with van der Waals surface area (Å²) >= 11 is 3.54. The lowest BCUT2D eigenvalue weighted by Crippen LogP contribution is -2.81. The quantitative estimate of drug-likeness (QED) is 0.0919. The maximum absolute atomic E-state index is 13.4. The Morgan fingerprint density at radius 3 is 2.77 bits per heavy atom. The molecule has 4 rings (SSSR count). The first-order chi connectivity index (χ1) is 18.6. The minimum Gasteiger partial charge on any atom is -0.591 e. The first-order valence-corrected chi connectivity index (χ1v) is 14.3. The molecule has 2 aliphatic rings. The molecule has 2 unspecified atom stereocenters. The van der Waals surface area contributed by atoms with E-state index in [-0.39, 0.29) is 23.1 Å². The van der Waals surface area contributed by atoms with Gasteiger partial charge in [0.1, 0.15) is 17.1 Å². The number of carbonyl (C=O) groups is 4. The number of nitrogens with zero attached hydrogens (tertiary/aromatic N) is 3. The van der Waals surface area contributed by atoms with Gasteiger partial charge >= 0.3 is 17.9 Å². The molecule has 0 aromatic carbocycles. The van der Waals surface area contributed by atoms with Crippen LogP contribution in [0.15, 0.2) is 45.9 Å². The molecule has 2 aromatic heterocycles. The van der Waals surface area contributed by atoms with E-state index in [1.807, 2.05) is 0 Å². The van der Waals surface area contributed by atoms with Gasteiger partial charge in [0, 0.05) is 28.6 Å². The van der Waals surface area contributed by atoms with Crippen LogP contribution in [0.4, 0.5) is 4.79 Å². The summed E-state index contributed by atoms with van der Waals surface area (Å²) in [7, 11) is 1.23. The highest BCUT2D eigenvalue weighted by Crippen LogP contribution is 2.47. The monoisotopic (exact) mass is 596 g/mol. The van der Waals surface area contributed by atoms with Crippen LogP contribution in [0.2, 0.25) is 0 Å². The number of urea groups is 1. The van der Waals surface area contributed by atoms with E-state index in [2.05, 4.69) is 15.7 Å². The summed E-state index contributed by atoms with van der Waals surface area (Å²) in [4.78, 5) is 52.2. The molecule has 3 atom stereocenters. The van der Waals surface area contributed by atoms with Crippen LogP contribution >= 0.6 is 34.9 Å². The standard InChI is InChI=1S/C22H24N6O8S3/c1-3-36-14-7-6-13(26-28(14)34)38-9-11-10-39-20-22(35-2,19(32)27(20)16(11)18(30)31)25-17(29)15(24-21(23)33)12-5-4-8-37-12/h4-8,15,20H,3,9-10H2,1-2H3,(H,25,29)(H,30,31)(H3,23,24,33)/t15?,20?,22-/m0/s1. The van der Waals surface area contributed by atoms with Crippen molar-refractivity contribution in [2.75, 3.05) is 25.2 Å².